The van der Waals surface area contributed by atoms with E-state index in [1.807, 2.05) is 19.9 Å². The summed E-state index contributed by atoms with van der Waals surface area (Å²) in [7, 11) is 0. The van der Waals surface area contributed by atoms with Gasteiger partial charge in [0.05, 0.1) is 4.91 Å². The second-order valence-electron chi connectivity index (χ2n) is 8.57. The lowest BCUT2D eigenvalue weighted by Crippen LogP contribution is -2.48. The highest BCUT2D eigenvalue weighted by Crippen LogP contribution is 2.45. The van der Waals surface area contributed by atoms with Gasteiger partial charge in [-0.3, -0.25) is 14.5 Å². The van der Waals surface area contributed by atoms with Crippen LogP contribution in [0.2, 0.25) is 0 Å². The van der Waals surface area contributed by atoms with Gasteiger partial charge in [0, 0.05) is 23.8 Å². The average Bonchev–Trinajstić information content (AvgIpc) is 2.82. The van der Waals surface area contributed by atoms with Crippen LogP contribution in [-0.4, -0.2) is 34.2 Å². The molecule has 0 aliphatic carbocycles. The van der Waals surface area contributed by atoms with E-state index in [0.717, 1.165) is 35.9 Å². The molecule has 2 aliphatic rings. The molecule has 4 nitrogen and oxygen atoms in total. The number of anilines is 1. The van der Waals surface area contributed by atoms with Gasteiger partial charge in [0.2, 0.25) is 0 Å². The summed E-state index contributed by atoms with van der Waals surface area (Å²) in [5, 5.41) is -0.177. The summed E-state index contributed by atoms with van der Waals surface area (Å²) in [5.74, 6) is 0.276. The molecule has 2 aliphatic heterocycles. The van der Waals surface area contributed by atoms with Crippen molar-refractivity contribution in [1.29, 1.82) is 0 Å². The fourth-order valence-electron chi connectivity index (χ4n) is 4.47. The number of nitrogens with zero attached hydrogens (tertiary/aromatic N) is 2. The number of thioether (sulfide) groups is 1. The largest absolute Gasteiger partial charge is 0.366 e. The Bertz CT molecular complexity index is 826. The Balaban J connectivity index is 2.04. The molecule has 5 heteroatoms. The maximum absolute atomic E-state index is 12.6. The Morgan fingerprint density at radius 2 is 1.96 bits per heavy atom. The van der Waals surface area contributed by atoms with Crippen molar-refractivity contribution in [3.63, 3.8) is 0 Å². The molecule has 1 atom stereocenters. The molecular weight excluding hydrogens is 356 g/mol. The van der Waals surface area contributed by atoms with Crippen molar-refractivity contribution in [3.05, 3.63) is 33.7 Å². The minimum absolute atomic E-state index is 0.117. The highest BCUT2D eigenvalue weighted by molar-refractivity contribution is 8.18. The van der Waals surface area contributed by atoms with Crippen LogP contribution in [-0.2, 0) is 4.79 Å². The lowest BCUT2D eigenvalue weighted by atomic mass is 9.79. The summed E-state index contributed by atoms with van der Waals surface area (Å²) in [6, 6.07) is 4.35. The number of carbonyl (C=O) groups is 2. The van der Waals surface area contributed by atoms with Gasteiger partial charge in [0.15, 0.2) is 0 Å². The third-order valence-corrected chi connectivity index (χ3v) is 6.60. The molecule has 0 spiro atoms. The molecule has 0 N–H and O–H groups in total. The first-order valence-electron chi connectivity index (χ1n) is 9.76. The van der Waals surface area contributed by atoms with E-state index in [1.165, 1.54) is 16.2 Å². The summed E-state index contributed by atoms with van der Waals surface area (Å²) >= 11 is 1.04. The smallest absolute Gasteiger partial charge is 0.293 e. The molecule has 2 heterocycles. The molecule has 27 heavy (non-hydrogen) atoms. The topological polar surface area (TPSA) is 40.6 Å². The zero-order valence-corrected chi connectivity index (χ0v) is 18.2. The van der Waals surface area contributed by atoms with Gasteiger partial charge >= 0.3 is 0 Å². The lowest BCUT2D eigenvalue weighted by Gasteiger charge is -2.47. The number of hydrogen-bond acceptors (Lipinski definition) is 4. The predicted molar refractivity (Wildman–Crippen MR) is 114 cm³/mol. The van der Waals surface area contributed by atoms with Gasteiger partial charge in [-0.15, -0.1) is 0 Å². The Hall–Kier alpha value is -1.75. The number of rotatable bonds is 3. The van der Waals surface area contributed by atoms with Gasteiger partial charge in [-0.2, -0.15) is 0 Å². The number of imide groups is 1. The minimum Gasteiger partial charge on any atom is -0.366 e. The van der Waals surface area contributed by atoms with Gasteiger partial charge in [-0.25, -0.2) is 0 Å². The van der Waals surface area contributed by atoms with Crippen LogP contribution in [0.15, 0.2) is 17.0 Å². The van der Waals surface area contributed by atoms with E-state index in [-0.39, 0.29) is 22.7 Å². The average molecular weight is 387 g/mol. The second-order valence-corrected chi connectivity index (χ2v) is 9.57. The third-order valence-electron chi connectivity index (χ3n) is 5.72. The molecule has 1 fully saturated rings. The monoisotopic (exact) mass is 386 g/mol. The van der Waals surface area contributed by atoms with Crippen molar-refractivity contribution in [2.24, 2.45) is 0 Å². The maximum atomic E-state index is 12.6. The Morgan fingerprint density at radius 1 is 1.30 bits per heavy atom. The van der Waals surface area contributed by atoms with E-state index < -0.39 is 0 Å². The Morgan fingerprint density at radius 3 is 2.52 bits per heavy atom. The third kappa shape index (κ3) is 3.42. The SMILES string of the molecule is CCN1c2cc(C)c(/C=C3/SC(=O)N(C(C)C)C3=O)cc2C(C)CC1(C)C. The van der Waals surface area contributed by atoms with Gasteiger partial charge in [0.1, 0.15) is 0 Å². The number of amides is 2. The van der Waals surface area contributed by atoms with E-state index in [1.54, 1.807) is 0 Å². The molecule has 0 radical (unpaired) electrons. The lowest BCUT2D eigenvalue weighted by molar-refractivity contribution is -0.123. The Labute approximate surface area is 167 Å². The summed E-state index contributed by atoms with van der Waals surface area (Å²) < 4.78 is 0. The van der Waals surface area contributed by atoms with E-state index in [0.29, 0.717) is 10.8 Å². The van der Waals surface area contributed by atoms with Crippen LogP contribution < -0.4 is 4.90 Å². The number of carbonyl (C=O) groups excluding carboxylic acids is 2. The summed E-state index contributed by atoms with van der Waals surface area (Å²) in [6.07, 6.45) is 2.99. The second kappa shape index (κ2) is 7.01. The molecule has 0 aromatic heterocycles. The first-order valence-corrected chi connectivity index (χ1v) is 10.6. The molecule has 0 bridgehead atoms. The van der Waals surface area contributed by atoms with Crippen LogP contribution >= 0.6 is 11.8 Å². The van der Waals surface area contributed by atoms with Crippen molar-refractivity contribution in [2.45, 2.75) is 72.4 Å². The number of hydrogen-bond donors (Lipinski definition) is 0. The standard InChI is InChI=1S/C22H30N2O2S/c1-8-23-18-9-14(4)16(10-17(18)15(5)12-22(23,6)7)11-19-20(25)24(13(2)3)21(26)27-19/h9-11,13,15H,8,12H2,1-7H3/b19-11+. The Kier molecular flexibility index (Phi) is 5.19. The molecule has 1 aromatic carbocycles. The minimum atomic E-state index is -0.179. The fraction of sp³-hybridized carbons (Fsp3) is 0.545. The van der Waals surface area contributed by atoms with Crippen LogP contribution in [0.25, 0.3) is 6.08 Å². The van der Waals surface area contributed by atoms with E-state index in [2.05, 4.69) is 51.7 Å². The molecule has 1 aromatic rings. The first-order chi connectivity index (χ1) is 12.6. The fourth-order valence-corrected chi connectivity index (χ4v) is 5.42. The van der Waals surface area contributed by atoms with Gasteiger partial charge < -0.3 is 4.90 Å². The van der Waals surface area contributed by atoms with Crippen molar-refractivity contribution >= 4 is 34.7 Å². The van der Waals surface area contributed by atoms with Crippen molar-refractivity contribution in [2.75, 3.05) is 11.4 Å². The summed E-state index contributed by atoms with van der Waals surface area (Å²) in [6.45, 7) is 15.9. The van der Waals surface area contributed by atoms with E-state index >= 15 is 0 Å². The van der Waals surface area contributed by atoms with Gasteiger partial charge in [-0.05, 0) is 101 Å². The molecule has 1 saturated heterocycles. The summed E-state index contributed by atoms with van der Waals surface area (Å²) in [5.41, 5.74) is 4.93. The highest BCUT2D eigenvalue weighted by atomic mass is 32.2. The van der Waals surface area contributed by atoms with Crippen molar-refractivity contribution in [3.8, 4) is 0 Å². The van der Waals surface area contributed by atoms with Crippen molar-refractivity contribution < 1.29 is 9.59 Å². The number of benzene rings is 1. The van der Waals surface area contributed by atoms with Crippen LogP contribution in [0.5, 0.6) is 0 Å². The molecule has 0 saturated carbocycles. The van der Waals surface area contributed by atoms with Crippen LogP contribution in [0, 0.1) is 6.92 Å². The molecule has 2 amide bonds. The predicted octanol–water partition coefficient (Wildman–Crippen LogP) is 5.55. The molecular formula is C22H30N2O2S. The molecule has 1 unspecified atom stereocenters. The molecule has 3 rings (SSSR count). The van der Waals surface area contributed by atoms with Crippen LogP contribution in [0.1, 0.15) is 70.6 Å². The zero-order chi connectivity index (χ0) is 20.1. The van der Waals surface area contributed by atoms with Crippen molar-refractivity contribution in [1.82, 2.24) is 4.90 Å². The summed E-state index contributed by atoms with van der Waals surface area (Å²) in [4.78, 5) is 29.1. The number of aryl methyl sites for hydroxylation is 1. The normalized spacial score (nSPS) is 23.6. The van der Waals surface area contributed by atoms with Crippen LogP contribution in [0.3, 0.4) is 0 Å². The zero-order valence-electron chi connectivity index (χ0n) is 17.4. The molecule has 146 valence electrons. The van der Waals surface area contributed by atoms with E-state index in [9.17, 15) is 9.59 Å². The van der Waals surface area contributed by atoms with Gasteiger partial charge in [-0.1, -0.05) is 6.92 Å². The quantitative estimate of drug-likeness (QED) is 0.639. The first kappa shape index (κ1) is 20.0. The highest BCUT2D eigenvalue weighted by Gasteiger charge is 2.38. The van der Waals surface area contributed by atoms with Gasteiger partial charge in [0.25, 0.3) is 11.1 Å². The number of fused-ring (bicyclic) bond motifs is 1. The van der Waals surface area contributed by atoms with Crippen LogP contribution in [0.4, 0.5) is 10.5 Å². The maximum Gasteiger partial charge on any atom is 0.293 e. The van der Waals surface area contributed by atoms with E-state index in [4.69, 9.17) is 0 Å².